The molecule has 1 aromatic heterocycles. The largest absolute Gasteiger partial charge is 0.326 e. The summed E-state index contributed by atoms with van der Waals surface area (Å²) in [5.74, 6) is 0.328. The van der Waals surface area contributed by atoms with E-state index in [0.29, 0.717) is 23.2 Å². The van der Waals surface area contributed by atoms with Crippen molar-refractivity contribution in [1.82, 2.24) is 4.31 Å². The third kappa shape index (κ3) is 2.70. The van der Waals surface area contributed by atoms with Crippen molar-refractivity contribution in [3.63, 3.8) is 0 Å². The molecule has 4 nitrogen and oxygen atoms in total. The summed E-state index contributed by atoms with van der Waals surface area (Å²) in [5.41, 5.74) is 5.89. The zero-order chi connectivity index (χ0) is 12.6. The van der Waals surface area contributed by atoms with Crippen molar-refractivity contribution in [3.05, 3.63) is 17.0 Å². The van der Waals surface area contributed by atoms with Crippen LogP contribution in [0.25, 0.3) is 0 Å². The molecule has 2 rings (SSSR count). The van der Waals surface area contributed by atoms with Gasteiger partial charge in [0.2, 0.25) is 0 Å². The second kappa shape index (κ2) is 4.68. The first-order chi connectivity index (χ1) is 7.89. The van der Waals surface area contributed by atoms with E-state index in [4.69, 9.17) is 5.73 Å². The first-order valence-electron chi connectivity index (χ1n) is 5.72. The normalized spacial score (nSPS) is 27.2. The smallest absolute Gasteiger partial charge is 0.252 e. The number of nitrogens with zero attached hydrogens (tertiary/aromatic N) is 1. The molecule has 0 saturated carbocycles. The Hall–Kier alpha value is -0.430. The highest BCUT2D eigenvalue weighted by atomic mass is 32.2. The monoisotopic (exact) mass is 274 g/mol. The average molecular weight is 274 g/mol. The van der Waals surface area contributed by atoms with Gasteiger partial charge in [0, 0.05) is 24.0 Å². The molecule has 0 aromatic carbocycles. The van der Waals surface area contributed by atoms with E-state index in [9.17, 15) is 8.42 Å². The summed E-state index contributed by atoms with van der Waals surface area (Å²) < 4.78 is 26.7. The summed E-state index contributed by atoms with van der Waals surface area (Å²) in [4.78, 5) is 1.01. The van der Waals surface area contributed by atoms with Crippen LogP contribution in [-0.2, 0) is 10.0 Å². The topological polar surface area (TPSA) is 63.4 Å². The highest BCUT2D eigenvalue weighted by molar-refractivity contribution is 7.91. The van der Waals surface area contributed by atoms with Gasteiger partial charge in [-0.25, -0.2) is 8.42 Å². The standard InChI is InChI=1S/C11H18N2O2S2/c1-8-5-10(12)7-13(6-8)17(14,15)11-4-3-9(2)16-11/h3-4,8,10H,5-7,12H2,1-2H3. The molecule has 2 heterocycles. The third-order valence-corrected chi connectivity index (χ3v) is 6.27. The van der Waals surface area contributed by atoms with Crippen LogP contribution in [-0.4, -0.2) is 31.9 Å². The molecule has 0 aliphatic carbocycles. The molecular weight excluding hydrogens is 256 g/mol. The van der Waals surface area contributed by atoms with E-state index in [1.807, 2.05) is 19.9 Å². The van der Waals surface area contributed by atoms with Crippen molar-refractivity contribution in [2.75, 3.05) is 13.1 Å². The zero-order valence-corrected chi connectivity index (χ0v) is 11.7. The van der Waals surface area contributed by atoms with Gasteiger partial charge in [-0.2, -0.15) is 4.31 Å². The Morgan fingerprint density at radius 1 is 1.41 bits per heavy atom. The maximum atomic E-state index is 12.4. The fraction of sp³-hybridized carbons (Fsp3) is 0.636. The molecule has 1 saturated heterocycles. The van der Waals surface area contributed by atoms with Gasteiger partial charge in [0.25, 0.3) is 10.0 Å². The highest BCUT2D eigenvalue weighted by Crippen LogP contribution is 2.27. The molecule has 1 fully saturated rings. The van der Waals surface area contributed by atoms with Gasteiger partial charge >= 0.3 is 0 Å². The highest BCUT2D eigenvalue weighted by Gasteiger charge is 2.32. The Bertz CT molecular complexity index is 485. The van der Waals surface area contributed by atoms with Crippen LogP contribution >= 0.6 is 11.3 Å². The van der Waals surface area contributed by atoms with Crippen LogP contribution in [0.2, 0.25) is 0 Å². The SMILES string of the molecule is Cc1ccc(S(=O)(=O)N2CC(C)CC(N)C2)s1. The lowest BCUT2D eigenvalue weighted by molar-refractivity contribution is 0.255. The van der Waals surface area contributed by atoms with Gasteiger partial charge in [0.05, 0.1) is 0 Å². The number of thiophene rings is 1. The summed E-state index contributed by atoms with van der Waals surface area (Å²) in [6.45, 7) is 4.96. The predicted molar refractivity (Wildman–Crippen MR) is 69.6 cm³/mol. The molecule has 2 atom stereocenters. The van der Waals surface area contributed by atoms with Crippen molar-refractivity contribution in [2.24, 2.45) is 11.7 Å². The number of nitrogens with two attached hydrogens (primary N) is 1. The number of sulfonamides is 1. The maximum absolute atomic E-state index is 12.4. The van der Waals surface area contributed by atoms with Gasteiger partial charge in [0.1, 0.15) is 4.21 Å². The van der Waals surface area contributed by atoms with E-state index in [0.717, 1.165) is 11.3 Å². The van der Waals surface area contributed by atoms with Crippen LogP contribution in [0.4, 0.5) is 0 Å². The van der Waals surface area contributed by atoms with E-state index in [2.05, 4.69) is 0 Å². The van der Waals surface area contributed by atoms with Gasteiger partial charge in [-0.15, -0.1) is 11.3 Å². The van der Waals surface area contributed by atoms with Gasteiger partial charge in [-0.1, -0.05) is 6.92 Å². The molecule has 0 amide bonds. The first-order valence-corrected chi connectivity index (χ1v) is 7.97. The van der Waals surface area contributed by atoms with Crippen LogP contribution in [0.3, 0.4) is 0 Å². The Balaban J connectivity index is 2.26. The first kappa shape index (κ1) is 13.0. The molecule has 96 valence electrons. The fourth-order valence-corrected chi connectivity index (χ4v) is 5.28. The minimum atomic E-state index is -3.34. The van der Waals surface area contributed by atoms with E-state index in [1.54, 1.807) is 6.07 Å². The lowest BCUT2D eigenvalue weighted by atomic mass is 9.99. The summed E-state index contributed by atoms with van der Waals surface area (Å²) >= 11 is 1.32. The Kier molecular flexibility index (Phi) is 3.58. The minimum absolute atomic E-state index is 0.0467. The van der Waals surface area contributed by atoms with Crippen molar-refractivity contribution >= 4 is 21.4 Å². The van der Waals surface area contributed by atoms with Gasteiger partial charge in [-0.3, -0.25) is 0 Å². The van der Waals surface area contributed by atoms with Gasteiger partial charge in [0.15, 0.2) is 0 Å². The molecule has 0 radical (unpaired) electrons. The van der Waals surface area contributed by atoms with E-state index in [-0.39, 0.29) is 6.04 Å². The molecule has 0 bridgehead atoms. The van der Waals surface area contributed by atoms with Crippen LogP contribution in [0.1, 0.15) is 18.2 Å². The second-order valence-electron chi connectivity index (χ2n) is 4.79. The average Bonchev–Trinajstić information content (AvgIpc) is 2.64. The van der Waals surface area contributed by atoms with Crippen LogP contribution in [0, 0.1) is 12.8 Å². The number of piperidine rings is 1. The molecule has 6 heteroatoms. The van der Waals surface area contributed by atoms with Crippen LogP contribution in [0.15, 0.2) is 16.3 Å². The summed E-state index contributed by atoms with van der Waals surface area (Å²) in [7, 11) is -3.34. The van der Waals surface area contributed by atoms with Crippen LogP contribution < -0.4 is 5.73 Å². The molecule has 1 aromatic rings. The molecule has 0 spiro atoms. The van der Waals surface area contributed by atoms with Crippen molar-refractivity contribution in [2.45, 2.75) is 30.5 Å². The van der Waals surface area contributed by atoms with Crippen LogP contribution in [0.5, 0.6) is 0 Å². The quantitative estimate of drug-likeness (QED) is 0.887. The van der Waals surface area contributed by atoms with E-state index < -0.39 is 10.0 Å². The lowest BCUT2D eigenvalue weighted by Crippen LogP contribution is -2.48. The molecular formula is C11H18N2O2S2. The summed E-state index contributed by atoms with van der Waals surface area (Å²) in [5, 5.41) is 0. The van der Waals surface area contributed by atoms with Crippen molar-refractivity contribution < 1.29 is 8.42 Å². The third-order valence-electron chi connectivity index (χ3n) is 2.97. The Morgan fingerprint density at radius 2 is 2.12 bits per heavy atom. The lowest BCUT2D eigenvalue weighted by Gasteiger charge is -2.33. The molecule has 1 aliphatic heterocycles. The minimum Gasteiger partial charge on any atom is -0.326 e. The second-order valence-corrected chi connectivity index (χ2v) is 8.24. The number of rotatable bonds is 2. The Morgan fingerprint density at radius 3 is 2.65 bits per heavy atom. The number of aryl methyl sites for hydroxylation is 1. The summed E-state index contributed by atoms with van der Waals surface area (Å²) in [6, 6.07) is 3.47. The van der Waals surface area contributed by atoms with Gasteiger partial charge in [-0.05, 0) is 31.4 Å². The van der Waals surface area contributed by atoms with E-state index >= 15 is 0 Å². The molecule has 2 unspecified atom stereocenters. The van der Waals surface area contributed by atoms with Crippen molar-refractivity contribution in [3.8, 4) is 0 Å². The summed E-state index contributed by atoms with van der Waals surface area (Å²) in [6.07, 6.45) is 0.898. The van der Waals surface area contributed by atoms with Gasteiger partial charge < -0.3 is 5.73 Å². The zero-order valence-electron chi connectivity index (χ0n) is 10.1. The van der Waals surface area contributed by atoms with E-state index in [1.165, 1.54) is 15.6 Å². The number of hydrogen-bond acceptors (Lipinski definition) is 4. The molecule has 1 aliphatic rings. The predicted octanol–water partition coefficient (Wildman–Crippen LogP) is 1.41. The van der Waals surface area contributed by atoms with Crippen molar-refractivity contribution in [1.29, 1.82) is 0 Å². The molecule has 17 heavy (non-hydrogen) atoms. The number of hydrogen-bond donors (Lipinski definition) is 1. The fourth-order valence-electron chi connectivity index (χ4n) is 2.22. The molecule has 2 N–H and O–H groups in total. The maximum Gasteiger partial charge on any atom is 0.252 e. The Labute approximate surface area is 106 Å².